The molecule has 0 spiro atoms. The summed E-state index contributed by atoms with van der Waals surface area (Å²) in [6.45, 7) is 6.39. The van der Waals surface area contributed by atoms with Crippen LogP contribution in [0.3, 0.4) is 0 Å². The van der Waals surface area contributed by atoms with Crippen molar-refractivity contribution in [2.24, 2.45) is 0 Å². The topological polar surface area (TPSA) is 46.7 Å². The molecular weight excluding hydrogens is 547 g/mol. The first-order valence-electron chi connectivity index (χ1n) is 8.01. The number of hydrogen-bond acceptors (Lipinski definition) is 2. The van der Waals surface area contributed by atoms with Crippen molar-refractivity contribution in [1.82, 2.24) is 0 Å². The van der Waals surface area contributed by atoms with Gasteiger partial charge in [0, 0.05) is 16.7 Å². The molecule has 0 amide bonds. The van der Waals surface area contributed by atoms with E-state index in [1.165, 1.54) is 6.07 Å². The third-order valence-electron chi connectivity index (χ3n) is 3.53. The maximum absolute atomic E-state index is 13.6. The molecule has 1 atom stereocenters. The molecule has 7 heteroatoms. The molecule has 1 aromatic rings. The molecule has 2 rings (SSSR count). The SMILES string of the molecule is CC(C)(C[N-]CC[N-]c1ccc(Br)cc1F)OC1CCCCO1.[W+2]. The smallest absolute Gasteiger partial charge is 0.683 e. The van der Waals surface area contributed by atoms with E-state index in [2.05, 4.69) is 26.6 Å². The summed E-state index contributed by atoms with van der Waals surface area (Å²) in [5.74, 6) is -0.322. The van der Waals surface area contributed by atoms with E-state index in [4.69, 9.17) is 9.47 Å². The number of nitrogens with zero attached hydrogens (tertiary/aromatic N) is 2. The maximum Gasteiger partial charge on any atom is 2.00 e. The second-order valence-corrected chi connectivity index (χ2v) is 7.17. The summed E-state index contributed by atoms with van der Waals surface area (Å²) in [5.41, 5.74) is 0.0136. The molecule has 0 saturated carbocycles. The van der Waals surface area contributed by atoms with Gasteiger partial charge >= 0.3 is 21.1 Å². The van der Waals surface area contributed by atoms with Crippen LogP contribution in [0.5, 0.6) is 0 Å². The van der Waals surface area contributed by atoms with E-state index >= 15 is 0 Å². The number of benzene rings is 1. The first-order valence-corrected chi connectivity index (χ1v) is 8.81. The van der Waals surface area contributed by atoms with Crippen LogP contribution >= 0.6 is 15.9 Å². The molecule has 0 radical (unpaired) electrons. The van der Waals surface area contributed by atoms with Crippen molar-refractivity contribution in [2.45, 2.75) is 45.0 Å². The fourth-order valence-electron chi connectivity index (χ4n) is 2.40. The van der Waals surface area contributed by atoms with Crippen LogP contribution in [0.4, 0.5) is 10.1 Å². The van der Waals surface area contributed by atoms with Crippen molar-refractivity contribution >= 4 is 21.6 Å². The number of halogens is 2. The van der Waals surface area contributed by atoms with E-state index in [-0.39, 0.29) is 38.8 Å². The van der Waals surface area contributed by atoms with Crippen molar-refractivity contribution in [2.75, 3.05) is 26.2 Å². The molecule has 24 heavy (non-hydrogen) atoms. The summed E-state index contributed by atoms with van der Waals surface area (Å²) in [7, 11) is 0. The first kappa shape index (κ1) is 22.0. The summed E-state index contributed by atoms with van der Waals surface area (Å²) in [5, 5.41) is 8.69. The molecule has 1 fully saturated rings. The van der Waals surface area contributed by atoms with Gasteiger partial charge in [-0.3, -0.25) is 0 Å². The number of rotatable bonds is 8. The largest absolute Gasteiger partial charge is 2.00 e. The Morgan fingerprint density at radius 3 is 2.79 bits per heavy atom. The molecular formula is C17H24BrFN2O2W. The van der Waals surface area contributed by atoms with E-state index in [9.17, 15) is 4.39 Å². The molecule has 0 bridgehead atoms. The van der Waals surface area contributed by atoms with Gasteiger partial charge in [0.15, 0.2) is 6.29 Å². The van der Waals surface area contributed by atoms with Crippen LogP contribution < -0.4 is 0 Å². The van der Waals surface area contributed by atoms with E-state index in [0.717, 1.165) is 25.9 Å². The second-order valence-electron chi connectivity index (χ2n) is 6.26. The van der Waals surface area contributed by atoms with Crippen LogP contribution in [0.1, 0.15) is 33.1 Å². The predicted octanol–water partition coefficient (Wildman–Crippen LogP) is 5.29. The van der Waals surface area contributed by atoms with Gasteiger partial charge in [0.2, 0.25) is 0 Å². The van der Waals surface area contributed by atoms with Gasteiger partial charge in [0.25, 0.3) is 0 Å². The Balaban J connectivity index is 0.00000288. The minimum Gasteiger partial charge on any atom is -0.683 e. The summed E-state index contributed by atoms with van der Waals surface area (Å²) in [6.07, 6.45) is 3.09. The molecule has 1 heterocycles. The molecule has 0 aromatic heterocycles. The van der Waals surface area contributed by atoms with Gasteiger partial charge < -0.3 is 20.1 Å². The van der Waals surface area contributed by atoms with E-state index in [0.29, 0.717) is 29.8 Å². The maximum atomic E-state index is 13.6. The van der Waals surface area contributed by atoms with E-state index in [1.807, 2.05) is 13.8 Å². The van der Waals surface area contributed by atoms with Gasteiger partial charge in [-0.05, 0) is 45.2 Å². The van der Waals surface area contributed by atoms with Crippen LogP contribution in [0.15, 0.2) is 22.7 Å². The van der Waals surface area contributed by atoms with Crippen LogP contribution in [0, 0.1) is 5.82 Å². The van der Waals surface area contributed by atoms with Crippen LogP contribution in [0.25, 0.3) is 10.6 Å². The first-order chi connectivity index (χ1) is 11.0. The van der Waals surface area contributed by atoms with Crippen molar-refractivity contribution in [3.05, 3.63) is 39.1 Å². The van der Waals surface area contributed by atoms with Crippen molar-refractivity contribution in [3.8, 4) is 0 Å². The third-order valence-corrected chi connectivity index (χ3v) is 4.02. The molecule has 1 saturated heterocycles. The zero-order valence-corrected chi connectivity index (χ0v) is 18.7. The Morgan fingerprint density at radius 1 is 1.33 bits per heavy atom. The van der Waals surface area contributed by atoms with Gasteiger partial charge in [-0.25, -0.2) is 4.39 Å². The van der Waals surface area contributed by atoms with Gasteiger partial charge in [0.1, 0.15) is 5.82 Å². The molecule has 0 aliphatic carbocycles. The minimum atomic E-state index is -0.356. The molecule has 1 aliphatic rings. The standard InChI is InChI=1S/C17H24BrFN2O2.W/c1-17(2,23-16-5-3-4-10-22-16)12-20-8-9-21-15-7-6-13(18)11-14(15)19;/h6-7,11,16H,3-5,8-10,12H2,1-2H3;/q-2;+2. The van der Waals surface area contributed by atoms with Gasteiger partial charge in [-0.2, -0.15) is 13.1 Å². The Bertz CT molecular complexity index is 499. The molecule has 0 N–H and O–H groups in total. The van der Waals surface area contributed by atoms with Crippen LogP contribution in [-0.2, 0) is 30.5 Å². The molecule has 4 nitrogen and oxygen atoms in total. The number of hydrogen-bond donors (Lipinski definition) is 0. The van der Waals surface area contributed by atoms with Crippen LogP contribution in [0.2, 0.25) is 0 Å². The minimum absolute atomic E-state index is 0. The average Bonchev–Trinajstić information content (AvgIpc) is 2.49. The predicted molar refractivity (Wildman–Crippen MR) is 93.8 cm³/mol. The Labute approximate surface area is 166 Å². The Morgan fingerprint density at radius 2 is 2.12 bits per heavy atom. The summed E-state index contributed by atoms with van der Waals surface area (Å²) in [4.78, 5) is 0. The Kier molecular flexibility index (Phi) is 9.98. The quantitative estimate of drug-likeness (QED) is 0.399. The monoisotopic (exact) mass is 570 g/mol. The molecule has 134 valence electrons. The van der Waals surface area contributed by atoms with E-state index in [1.54, 1.807) is 12.1 Å². The van der Waals surface area contributed by atoms with Crippen molar-refractivity contribution in [1.29, 1.82) is 0 Å². The van der Waals surface area contributed by atoms with Gasteiger partial charge in [0.05, 0.1) is 0 Å². The summed E-state index contributed by atoms with van der Waals surface area (Å²) < 4.78 is 25.9. The fourth-order valence-corrected chi connectivity index (χ4v) is 2.73. The summed E-state index contributed by atoms with van der Waals surface area (Å²) >= 11 is 3.23. The zero-order chi connectivity index (χ0) is 16.7. The van der Waals surface area contributed by atoms with Crippen molar-refractivity contribution < 1.29 is 34.9 Å². The molecule has 1 aliphatic heterocycles. The average molecular weight is 571 g/mol. The van der Waals surface area contributed by atoms with Gasteiger partial charge in [-0.1, -0.05) is 22.0 Å². The van der Waals surface area contributed by atoms with Gasteiger partial charge in [-0.15, -0.1) is 12.2 Å². The zero-order valence-electron chi connectivity index (χ0n) is 14.1. The second kappa shape index (κ2) is 10.9. The number of ether oxygens (including phenoxy) is 2. The Hall–Kier alpha value is -0.00169. The fraction of sp³-hybridized carbons (Fsp3) is 0.647. The van der Waals surface area contributed by atoms with Crippen molar-refractivity contribution in [3.63, 3.8) is 0 Å². The molecule has 1 aromatic carbocycles. The third kappa shape index (κ3) is 7.92. The molecule has 1 unspecified atom stereocenters. The van der Waals surface area contributed by atoms with E-state index < -0.39 is 0 Å². The van der Waals surface area contributed by atoms with Crippen LogP contribution in [-0.4, -0.2) is 38.1 Å². The normalized spacial score (nSPS) is 18.1. The summed E-state index contributed by atoms with van der Waals surface area (Å²) in [6, 6.07) is 4.85.